The zero-order valence-corrected chi connectivity index (χ0v) is 10.9. The summed E-state index contributed by atoms with van der Waals surface area (Å²) < 4.78 is 26.5. The molecule has 1 N–H and O–H groups in total. The van der Waals surface area contributed by atoms with E-state index in [1.165, 1.54) is 24.3 Å². The number of halogens is 3. The maximum Gasteiger partial charge on any atom is 0.142 e. The Hall–Kier alpha value is -1.45. The lowest BCUT2D eigenvalue weighted by molar-refractivity contribution is 0.264. The topological polar surface area (TPSA) is 20.2 Å². The molecular weight excluding hydrogens is 270 g/mol. The van der Waals surface area contributed by atoms with E-state index in [9.17, 15) is 13.9 Å². The van der Waals surface area contributed by atoms with E-state index in [1.54, 1.807) is 18.2 Å². The molecule has 1 atom stereocenters. The maximum atomic E-state index is 13.3. The second-order valence-electron chi connectivity index (χ2n) is 4.39. The largest absolute Gasteiger partial charge is 0.396 e. The Labute approximate surface area is 115 Å². The van der Waals surface area contributed by atoms with Gasteiger partial charge in [0.25, 0.3) is 0 Å². The van der Waals surface area contributed by atoms with Crippen molar-refractivity contribution in [1.82, 2.24) is 0 Å². The fourth-order valence-electron chi connectivity index (χ4n) is 2.00. The van der Waals surface area contributed by atoms with Crippen molar-refractivity contribution in [3.05, 3.63) is 70.2 Å². The molecule has 0 aliphatic rings. The van der Waals surface area contributed by atoms with Crippen molar-refractivity contribution in [2.75, 3.05) is 6.61 Å². The quantitative estimate of drug-likeness (QED) is 0.901. The molecule has 0 saturated carbocycles. The predicted octanol–water partition coefficient (Wildman–Crippen LogP) is 3.94. The monoisotopic (exact) mass is 282 g/mol. The number of aliphatic hydroxyl groups excluding tert-OH is 1. The van der Waals surface area contributed by atoms with Gasteiger partial charge in [-0.2, -0.15) is 0 Å². The molecular formula is C15H13ClF2O. The minimum absolute atomic E-state index is 0.0649. The third-order valence-electron chi connectivity index (χ3n) is 3.01. The van der Waals surface area contributed by atoms with Gasteiger partial charge in [-0.15, -0.1) is 0 Å². The van der Waals surface area contributed by atoms with Gasteiger partial charge in [0.2, 0.25) is 0 Å². The smallest absolute Gasteiger partial charge is 0.142 e. The minimum atomic E-state index is -0.491. The van der Waals surface area contributed by atoms with Crippen LogP contribution in [0.3, 0.4) is 0 Å². The fraction of sp³-hybridized carbons (Fsp3) is 0.200. The second kappa shape index (κ2) is 6.13. The third-order valence-corrected chi connectivity index (χ3v) is 3.31. The molecule has 4 heteroatoms. The first-order valence-electron chi connectivity index (χ1n) is 5.90. The molecule has 100 valence electrons. The molecule has 0 amide bonds. The van der Waals surface area contributed by atoms with Crippen LogP contribution in [0.25, 0.3) is 0 Å². The highest BCUT2D eigenvalue weighted by Gasteiger charge is 2.13. The van der Waals surface area contributed by atoms with Crippen LogP contribution in [0.4, 0.5) is 8.78 Å². The molecule has 1 nitrogen and oxygen atoms in total. The van der Waals surface area contributed by atoms with E-state index >= 15 is 0 Å². The number of rotatable bonds is 4. The van der Waals surface area contributed by atoms with Crippen LogP contribution in [-0.4, -0.2) is 11.7 Å². The lowest BCUT2D eigenvalue weighted by atomic mass is 9.92. The van der Waals surface area contributed by atoms with Gasteiger partial charge < -0.3 is 5.11 Å². The highest BCUT2D eigenvalue weighted by Crippen LogP contribution is 2.23. The van der Waals surface area contributed by atoms with Crippen LogP contribution >= 0.6 is 11.6 Å². The van der Waals surface area contributed by atoms with Gasteiger partial charge in [-0.3, -0.25) is 0 Å². The van der Waals surface area contributed by atoms with Crippen LogP contribution in [0.2, 0.25) is 5.02 Å². The molecule has 2 aromatic carbocycles. The van der Waals surface area contributed by atoms with E-state index in [4.69, 9.17) is 11.6 Å². The molecule has 19 heavy (non-hydrogen) atoms. The van der Waals surface area contributed by atoms with Crippen molar-refractivity contribution in [3.63, 3.8) is 0 Å². The Balaban J connectivity index is 2.21. The first-order chi connectivity index (χ1) is 9.10. The van der Waals surface area contributed by atoms with Crippen LogP contribution < -0.4 is 0 Å². The van der Waals surface area contributed by atoms with Gasteiger partial charge >= 0.3 is 0 Å². The summed E-state index contributed by atoms with van der Waals surface area (Å²) in [5, 5.41) is 9.48. The summed E-state index contributed by atoms with van der Waals surface area (Å²) in [5.41, 5.74) is 1.41. The normalized spacial score (nSPS) is 12.4. The van der Waals surface area contributed by atoms with Gasteiger partial charge in [0.1, 0.15) is 11.6 Å². The number of hydrogen-bond acceptors (Lipinski definition) is 1. The molecule has 2 rings (SSSR count). The van der Waals surface area contributed by atoms with Gasteiger partial charge in [0, 0.05) is 5.92 Å². The summed E-state index contributed by atoms with van der Waals surface area (Å²) in [5.74, 6) is -1.11. The molecule has 0 fully saturated rings. The van der Waals surface area contributed by atoms with Crippen molar-refractivity contribution in [3.8, 4) is 0 Å². The maximum absolute atomic E-state index is 13.3. The summed E-state index contributed by atoms with van der Waals surface area (Å²) in [6.45, 7) is -0.131. The molecule has 0 aliphatic carbocycles. The van der Waals surface area contributed by atoms with Crippen LogP contribution in [0, 0.1) is 11.6 Å². The summed E-state index contributed by atoms with van der Waals surface area (Å²) >= 11 is 5.61. The Morgan fingerprint density at radius 3 is 2.53 bits per heavy atom. The lowest BCUT2D eigenvalue weighted by Crippen LogP contribution is -2.08. The average Bonchev–Trinajstić information content (AvgIpc) is 2.40. The summed E-state index contributed by atoms with van der Waals surface area (Å²) in [7, 11) is 0. The summed E-state index contributed by atoms with van der Waals surface area (Å²) in [6.07, 6.45) is 0.425. The van der Waals surface area contributed by atoms with Gasteiger partial charge in [0.15, 0.2) is 0 Å². The number of benzene rings is 2. The van der Waals surface area contributed by atoms with Gasteiger partial charge in [-0.25, -0.2) is 8.78 Å². The first kappa shape index (κ1) is 14.0. The van der Waals surface area contributed by atoms with E-state index in [2.05, 4.69) is 0 Å². The van der Waals surface area contributed by atoms with Crippen LogP contribution in [0.5, 0.6) is 0 Å². The zero-order valence-electron chi connectivity index (χ0n) is 10.1. The van der Waals surface area contributed by atoms with Crippen molar-refractivity contribution >= 4 is 11.6 Å². The van der Waals surface area contributed by atoms with Crippen molar-refractivity contribution in [2.45, 2.75) is 12.3 Å². The third kappa shape index (κ3) is 3.52. The highest BCUT2D eigenvalue weighted by molar-refractivity contribution is 6.30. The van der Waals surface area contributed by atoms with Crippen molar-refractivity contribution < 1.29 is 13.9 Å². The molecule has 0 radical (unpaired) electrons. The van der Waals surface area contributed by atoms with Crippen LogP contribution in [0.1, 0.15) is 17.0 Å². The molecule has 0 bridgehead atoms. The zero-order chi connectivity index (χ0) is 13.8. The lowest BCUT2D eigenvalue weighted by Gasteiger charge is -2.15. The Kier molecular flexibility index (Phi) is 4.51. The fourth-order valence-corrected chi connectivity index (χ4v) is 2.12. The Morgan fingerprint density at radius 2 is 1.89 bits per heavy atom. The van der Waals surface area contributed by atoms with E-state index in [0.29, 0.717) is 17.5 Å². The van der Waals surface area contributed by atoms with Gasteiger partial charge in [0.05, 0.1) is 11.6 Å². The predicted molar refractivity (Wildman–Crippen MR) is 71.3 cm³/mol. The van der Waals surface area contributed by atoms with E-state index in [1.807, 2.05) is 0 Å². The van der Waals surface area contributed by atoms with Crippen molar-refractivity contribution in [1.29, 1.82) is 0 Å². The van der Waals surface area contributed by atoms with Gasteiger partial charge in [-0.1, -0.05) is 29.8 Å². The molecule has 1 unspecified atom stereocenters. The molecule has 0 saturated heterocycles. The Morgan fingerprint density at radius 1 is 1.11 bits per heavy atom. The minimum Gasteiger partial charge on any atom is -0.396 e. The molecule has 0 aliphatic heterocycles. The first-order valence-corrected chi connectivity index (χ1v) is 6.28. The molecule has 0 heterocycles. The molecule has 0 aromatic heterocycles. The van der Waals surface area contributed by atoms with Crippen molar-refractivity contribution in [2.24, 2.45) is 0 Å². The van der Waals surface area contributed by atoms with Gasteiger partial charge in [-0.05, 0) is 41.8 Å². The number of hydrogen-bond donors (Lipinski definition) is 1. The Bertz CT molecular complexity index is 572. The van der Waals surface area contributed by atoms with Crippen LogP contribution in [-0.2, 0) is 6.42 Å². The SMILES string of the molecule is OCC(Cc1ccc(Cl)c(F)c1)c1cccc(F)c1. The van der Waals surface area contributed by atoms with E-state index in [-0.39, 0.29) is 23.4 Å². The van der Waals surface area contributed by atoms with E-state index < -0.39 is 5.82 Å². The average molecular weight is 283 g/mol. The van der Waals surface area contributed by atoms with Crippen LogP contribution in [0.15, 0.2) is 42.5 Å². The summed E-state index contributed by atoms with van der Waals surface area (Å²) in [4.78, 5) is 0. The summed E-state index contributed by atoms with van der Waals surface area (Å²) in [6, 6.07) is 10.6. The van der Waals surface area contributed by atoms with E-state index in [0.717, 1.165) is 0 Å². The second-order valence-corrected chi connectivity index (χ2v) is 4.79. The molecule has 2 aromatic rings. The molecule has 0 spiro atoms. The standard InChI is InChI=1S/C15H13ClF2O/c16-14-5-4-10(7-15(14)18)6-12(9-19)11-2-1-3-13(17)8-11/h1-5,7-8,12,19H,6,9H2. The number of aliphatic hydroxyl groups is 1. The highest BCUT2D eigenvalue weighted by atomic mass is 35.5.